The molecule has 2 fully saturated rings. The number of likely N-dealkylation sites (tertiary alicyclic amines) is 2. The lowest BCUT2D eigenvalue weighted by Gasteiger charge is -2.23. The fraction of sp³-hybridized carbons (Fsp3) is 0.222. The number of benzene rings is 4. The first kappa shape index (κ1) is 35.7. The van der Waals surface area contributed by atoms with Crippen LogP contribution in [-0.4, -0.2) is 63.6 Å². The summed E-state index contributed by atoms with van der Waals surface area (Å²) in [5, 5.41) is 7.65. The summed E-state index contributed by atoms with van der Waals surface area (Å²) in [5.41, 5.74) is 4.11. The van der Waals surface area contributed by atoms with Crippen molar-refractivity contribution in [3.05, 3.63) is 127 Å². The molecule has 0 radical (unpaired) electrons. The van der Waals surface area contributed by atoms with E-state index in [0.717, 1.165) is 47.6 Å². The van der Waals surface area contributed by atoms with Gasteiger partial charge in [0.05, 0.1) is 6.20 Å². The zero-order chi connectivity index (χ0) is 38.9. The van der Waals surface area contributed by atoms with Crippen LogP contribution in [0.15, 0.2) is 129 Å². The van der Waals surface area contributed by atoms with Crippen LogP contribution in [0.25, 0.3) is 44.7 Å². The van der Waals surface area contributed by atoms with Crippen molar-refractivity contribution in [3.63, 3.8) is 0 Å². The Morgan fingerprint density at radius 2 is 1.07 bits per heavy atom. The van der Waals surface area contributed by atoms with Crippen LogP contribution >= 0.6 is 0 Å². The Balaban J connectivity index is 0.768. The van der Waals surface area contributed by atoms with Crippen LogP contribution < -0.4 is 10.6 Å². The molecule has 2 aliphatic heterocycles. The molecule has 4 aromatic carbocycles. The number of aromatic nitrogens is 1. The Hall–Kier alpha value is -6.95. The van der Waals surface area contributed by atoms with E-state index in [1.165, 1.54) is 0 Å². The van der Waals surface area contributed by atoms with Crippen LogP contribution in [0.1, 0.15) is 59.6 Å². The predicted molar refractivity (Wildman–Crippen MR) is 214 cm³/mol. The minimum Gasteiger partial charge on any atom is -0.451 e. The van der Waals surface area contributed by atoms with Crippen LogP contribution in [-0.2, 0) is 9.59 Å². The molecule has 0 aliphatic carbocycles. The number of para-hydroxylation sites is 2. The Bertz CT molecular complexity index is 2360. The van der Waals surface area contributed by atoms with Gasteiger partial charge in [0.1, 0.15) is 11.2 Å². The fourth-order valence-corrected chi connectivity index (χ4v) is 7.90. The number of amides is 4. The van der Waals surface area contributed by atoms with Crippen molar-refractivity contribution in [2.45, 2.75) is 50.6 Å². The second-order valence-corrected chi connectivity index (χ2v) is 14.6. The van der Waals surface area contributed by atoms with E-state index in [4.69, 9.17) is 13.3 Å². The number of rotatable bonds is 10. The summed E-state index contributed by atoms with van der Waals surface area (Å²) in [6, 6.07) is 32.6. The largest absolute Gasteiger partial charge is 0.451 e. The normalized spacial score (nSPS) is 16.7. The van der Waals surface area contributed by atoms with Gasteiger partial charge in [0.25, 0.3) is 11.8 Å². The van der Waals surface area contributed by atoms with Crippen molar-refractivity contribution in [2.24, 2.45) is 0 Å². The summed E-state index contributed by atoms with van der Waals surface area (Å²) in [4.78, 5) is 60.6. The topological polar surface area (TPSA) is 151 Å². The van der Waals surface area contributed by atoms with Crippen molar-refractivity contribution in [3.8, 4) is 22.8 Å². The van der Waals surface area contributed by atoms with Gasteiger partial charge < -0.3 is 33.7 Å². The molecule has 2 saturated heterocycles. The lowest BCUT2D eigenvalue weighted by molar-refractivity contribution is -0.117. The maximum atomic E-state index is 13.3. The quantitative estimate of drug-likeness (QED) is 0.140. The number of oxazole rings is 1. The van der Waals surface area contributed by atoms with Crippen molar-refractivity contribution in [1.82, 2.24) is 14.8 Å². The van der Waals surface area contributed by atoms with Crippen LogP contribution in [0.2, 0.25) is 0 Å². The smallest absolute Gasteiger partial charge is 0.289 e. The van der Waals surface area contributed by atoms with E-state index in [1.54, 1.807) is 52.4 Å². The molecule has 286 valence electrons. The molecule has 9 rings (SSSR count). The van der Waals surface area contributed by atoms with Gasteiger partial charge in [-0.05, 0) is 98.5 Å². The van der Waals surface area contributed by atoms with Crippen molar-refractivity contribution >= 4 is 56.9 Å². The molecule has 12 heteroatoms. The molecule has 5 heterocycles. The summed E-state index contributed by atoms with van der Waals surface area (Å²) >= 11 is 0. The lowest BCUT2D eigenvalue weighted by Crippen LogP contribution is -2.37. The molecule has 2 atom stereocenters. The molecule has 7 aromatic rings. The summed E-state index contributed by atoms with van der Waals surface area (Å²) in [7, 11) is 0. The molecule has 57 heavy (non-hydrogen) atoms. The number of furan rings is 2. The predicted octanol–water partition coefficient (Wildman–Crippen LogP) is 8.77. The molecule has 0 spiro atoms. The number of hydrogen-bond acceptors (Lipinski definition) is 8. The average Bonchev–Trinajstić information content (AvgIpc) is 4.08. The van der Waals surface area contributed by atoms with Crippen molar-refractivity contribution in [2.75, 3.05) is 23.7 Å². The molecule has 0 saturated carbocycles. The lowest BCUT2D eigenvalue weighted by atomic mass is 10.1. The highest BCUT2D eigenvalue weighted by molar-refractivity contribution is 5.98. The van der Waals surface area contributed by atoms with Gasteiger partial charge in [-0.25, -0.2) is 4.98 Å². The van der Waals surface area contributed by atoms with E-state index in [9.17, 15) is 19.2 Å². The highest BCUT2D eigenvalue weighted by Crippen LogP contribution is 2.30. The van der Waals surface area contributed by atoms with E-state index in [-0.39, 0.29) is 60.1 Å². The van der Waals surface area contributed by atoms with Crippen molar-refractivity contribution in [1.29, 1.82) is 0 Å². The van der Waals surface area contributed by atoms with Gasteiger partial charge in [0.2, 0.25) is 17.7 Å². The van der Waals surface area contributed by atoms with Crippen LogP contribution in [0.3, 0.4) is 0 Å². The standard InChI is InChI=1S/C45H39N5O7/c51-41(25-34-9-5-21-49(34)44(53)38-23-30-7-1-3-11-36(30)55-38)47-32-17-13-28(14-18-32)40-27-46-43(57-40)29-15-19-33(20-16-29)48-42(52)26-35-10-6-22-50(35)45(54)39-24-31-8-2-4-12-37(31)56-39/h1-4,7-8,11-20,23-24,27,34-35H,5-6,9-10,21-22,25-26H2,(H,47,51)(H,48,52)/t34-,35-/m0/s1. The first-order valence-corrected chi connectivity index (χ1v) is 19.2. The average molecular weight is 762 g/mol. The minimum atomic E-state index is -0.212. The van der Waals surface area contributed by atoms with Gasteiger partial charge in [0.15, 0.2) is 17.3 Å². The van der Waals surface area contributed by atoms with Gasteiger partial charge in [-0.2, -0.15) is 0 Å². The molecule has 12 nitrogen and oxygen atoms in total. The third kappa shape index (κ3) is 7.53. The molecule has 4 amide bonds. The number of nitrogens with zero attached hydrogens (tertiary/aromatic N) is 3. The number of fused-ring (bicyclic) bond motifs is 2. The summed E-state index contributed by atoms with van der Waals surface area (Å²) < 4.78 is 17.7. The number of nitrogens with one attached hydrogen (secondary N) is 2. The summed E-state index contributed by atoms with van der Waals surface area (Å²) in [5.74, 6) is 0.809. The van der Waals surface area contributed by atoms with Gasteiger partial charge in [-0.15, -0.1) is 0 Å². The zero-order valence-electron chi connectivity index (χ0n) is 31.0. The van der Waals surface area contributed by atoms with Crippen molar-refractivity contribution < 1.29 is 32.4 Å². The molecular weight excluding hydrogens is 723 g/mol. The first-order valence-electron chi connectivity index (χ1n) is 19.2. The minimum absolute atomic E-state index is 0.173. The van der Waals surface area contributed by atoms with Gasteiger partial charge >= 0.3 is 0 Å². The zero-order valence-corrected chi connectivity index (χ0v) is 31.0. The molecule has 2 N–H and O–H groups in total. The molecule has 3 aromatic heterocycles. The maximum absolute atomic E-state index is 13.3. The van der Waals surface area contributed by atoms with Gasteiger partial charge in [-0.3, -0.25) is 19.2 Å². The highest BCUT2D eigenvalue weighted by atomic mass is 16.4. The fourth-order valence-electron chi connectivity index (χ4n) is 7.90. The number of anilines is 2. The van der Waals surface area contributed by atoms with Gasteiger partial charge in [-0.1, -0.05) is 36.4 Å². The second-order valence-electron chi connectivity index (χ2n) is 14.6. The second kappa shape index (κ2) is 15.3. The number of carbonyl (C=O) groups excluding carboxylic acids is 4. The van der Waals surface area contributed by atoms with Crippen LogP contribution in [0, 0.1) is 0 Å². The molecule has 0 unspecified atom stereocenters. The molecule has 0 bridgehead atoms. The first-order chi connectivity index (χ1) is 27.8. The Morgan fingerprint density at radius 1 is 0.596 bits per heavy atom. The Labute approximate surface area is 327 Å². The molecular formula is C45H39N5O7. The van der Waals surface area contributed by atoms with Gasteiger partial charge in [0, 0.05) is 71.3 Å². The number of hydrogen-bond donors (Lipinski definition) is 2. The van der Waals surface area contributed by atoms with E-state index >= 15 is 0 Å². The highest BCUT2D eigenvalue weighted by Gasteiger charge is 2.34. The third-order valence-electron chi connectivity index (χ3n) is 10.8. The third-order valence-corrected chi connectivity index (χ3v) is 10.8. The number of carbonyl (C=O) groups is 4. The van der Waals surface area contributed by atoms with E-state index in [0.29, 0.717) is 47.3 Å². The Kier molecular flexibility index (Phi) is 9.59. The monoisotopic (exact) mass is 761 g/mol. The van der Waals surface area contributed by atoms with Crippen LogP contribution in [0.5, 0.6) is 0 Å². The van der Waals surface area contributed by atoms with E-state index in [2.05, 4.69) is 15.6 Å². The van der Waals surface area contributed by atoms with E-state index < -0.39 is 0 Å². The summed E-state index contributed by atoms with van der Waals surface area (Å²) in [6.07, 6.45) is 5.17. The van der Waals surface area contributed by atoms with E-state index in [1.807, 2.05) is 72.8 Å². The molecule has 2 aliphatic rings. The summed E-state index contributed by atoms with van der Waals surface area (Å²) in [6.45, 7) is 1.16. The van der Waals surface area contributed by atoms with Crippen LogP contribution in [0.4, 0.5) is 11.4 Å². The Morgan fingerprint density at radius 3 is 1.56 bits per heavy atom. The SMILES string of the molecule is O=C(C[C@@H]1CCCN1C(=O)c1cc2ccccc2o1)Nc1ccc(-c2cnc(-c3ccc(NC(=O)C[C@@H]4CCCN4C(=O)c4cc5ccccc5o4)cc3)o2)cc1. The maximum Gasteiger partial charge on any atom is 0.289 e.